The van der Waals surface area contributed by atoms with Crippen LogP contribution in [0.3, 0.4) is 0 Å². The van der Waals surface area contributed by atoms with Gasteiger partial charge in [-0.2, -0.15) is 0 Å². The number of thiazole rings is 1. The molecule has 0 saturated carbocycles. The molecule has 4 aromatic rings. The summed E-state index contributed by atoms with van der Waals surface area (Å²) in [5.41, 5.74) is 2.15. The quantitative estimate of drug-likeness (QED) is 0.486. The second-order valence-electron chi connectivity index (χ2n) is 6.52. The number of para-hydroxylation sites is 2. The van der Waals surface area contributed by atoms with Crippen molar-refractivity contribution in [1.82, 2.24) is 10.3 Å². The molecular weight excluding hydrogens is 372 g/mol. The minimum Gasteiger partial charge on any atom is -0.486 e. The van der Waals surface area contributed by atoms with E-state index in [-0.39, 0.29) is 11.9 Å². The SMILES string of the molecule is Cc1nc(COc2ccccc2C(=O)N[C@@H](C)c2cc3ccccc3o2)cs1. The fourth-order valence-corrected chi connectivity index (χ4v) is 3.56. The fraction of sp³-hybridized carbons (Fsp3) is 0.182. The van der Waals surface area contributed by atoms with Crippen LogP contribution >= 0.6 is 11.3 Å². The van der Waals surface area contributed by atoms with E-state index in [1.165, 1.54) is 0 Å². The molecule has 0 radical (unpaired) electrons. The third-order valence-corrected chi connectivity index (χ3v) is 5.22. The number of benzene rings is 2. The van der Waals surface area contributed by atoms with E-state index in [0.29, 0.717) is 23.7 Å². The van der Waals surface area contributed by atoms with Gasteiger partial charge in [0.2, 0.25) is 0 Å². The van der Waals surface area contributed by atoms with Gasteiger partial charge in [-0.1, -0.05) is 30.3 Å². The van der Waals surface area contributed by atoms with Crippen molar-refractivity contribution in [2.24, 2.45) is 0 Å². The predicted octanol–water partition coefficient (Wildman–Crippen LogP) is 5.27. The summed E-state index contributed by atoms with van der Waals surface area (Å²) in [6, 6.07) is 16.7. The van der Waals surface area contributed by atoms with Crippen LogP contribution in [0.5, 0.6) is 5.75 Å². The van der Waals surface area contributed by atoms with Crippen LogP contribution in [-0.4, -0.2) is 10.9 Å². The molecule has 142 valence electrons. The highest BCUT2D eigenvalue weighted by molar-refractivity contribution is 7.09. The Hall–Kier alpha value is -3.12. The highest BCUT2D eigenvalue weighted by Crippen LogP contribution is 2.25. The molecule has 1 N–H and O–H groups in total. The lowest BCUT2D eigenvalue weighted by atomic mass is 10.1. The van der Waals surface area contributed by atoms with Crippen molar-refractivity contribution in [2.75, 3.05) is 0 Å². The lowest BCUT2D eigenvalue weighted by Crippen LogP contribution is -2.26. The minimum absolute atomic E-state index is 0.210. The molecule has 28 heavy (non-hydrogen) atoms. The van der Waals surface area contributed by atoms with Gasteiger partial charge in [-0.25, -0.2) is 4.98 Å². The first-order chi connectivity index (χ1) is 13.6. The van der Waals surface area contributed by atoms with Crippen molar-refractivity contribution in [3.05, 3.63) is 82.0 Å². The normalized spacial score (nSPS) is 12.1. The zero-order chi connectivity index (χ0) is 19.5. The Balaban J connectivity index is 1.48. The van der Waals surface area contributed by atoms with Crippen molar-refractivity contribution in [3.63, 3.8) is 0 Å². The highest BCUT2D eigenvalue weighted by Gasteiger charge is 2.18. The number of furan rings is 1. The number of nitrogens with one attached hydrogen (secondary N) is 1. The molecule has 0 aliphatic rings. The standard InChI is InChI=1S/C22H20N2O3S/c1-14(21-11-16-7-3-5-9-19(16)27-21)23-22(25)18-8-4-6-10-20(18)26-12-17-13-28-15(2)24-17/h3-11,13-14H,12H2,1-2H3,(H,23,25)/t14-/m0/s1. The molecule has 1 amide bonds. The Labute approximate surface area is 167 Å². The van der Waals surface area contributed by atoms with Gasteiger partial charge in [0, 0.05) is 10.8 Å². The van der Waals surface area contributed by atoms with Gasteiger partial charge in [0.15, 0.2) is 0 Å². The maximum absolute atomic E-state index is 12.8. The van der Waals surface area contributed by atoms with Gasteiger partial charge in [0.05, 0.1) is 22.3 Å². The Kier molecular flexibility index (Phi) is 5.12. The van der Waals surface area contributed by atoms with E-state index < -0.39 is 0 Å². The van der Waals surface area contributed by atoms with Crippen LogP contribution in [-0.2, 0) is 6.61 Å². The monoisotopic (exact) mass is 392 g/mol. The fourth-order valence-electron chi connectivity index (χ4n) is 2.97. The first-order valence-corrected chi connectivity index (χ1v) is 9.90. The highest BCUT2D eigenvalue weighted by atomic mass is 32.1. The lowest BCUT2D eigenvalue weighted by molar-refractivity contribution is 0.0931. The number of hydrogen-bond donors (Lipinski definition) is 1. The zero-order valence-electron chi connectivity index (χ0n) is 15.6. The average Bonchev–Trinajstić information content (AvgIpc) is 3.32. The molecule has 2 heterocycles. The summed E-state index contributed by atoms with van der Waals surface area (Å²) in [6.07, 6.45) is 0. The lowest BCUT2D eigenvalue weighted by Gasteiger charge is -2.14. The third-order valence-electron chi connectivity index (χ3n) is 4.39. The number of amides is 1. The molecule has 0 spiro atoms. The van der Waals surface area contributed by atoms with Crippen molar-refractivity contribution in [1.29, 1.82) is 0 Å². The second-order valence-corrected chi connectivity index (χ2v) is 7.59. The Morgan fingerprint density at radius 2 is 2.00 bits per heavy atom. The number of ether oxygens (including phenoxy) is 1. The van der Waals surface area contributed by atoms with Gasteiger partial charge >= 0.3 is 0 Å². The molecular formula is C22H20N2O3S. The van der Waals surface area contributed by atoms with Gasteiger partial charge in [0.25, 0.3) is 5.91 Å². The van der Waals surface area contributed by atoms with Crippen LogP contribution in [0.2, 0.25) is 0 Å². The van der Waals surface area contributed by atoms with Gasteiger partial charge in [-0.05, 0) is 38.1 Å². The van der Waals surface area contributed by atoms with E-state index in [0.717, 1.165) is 21.7 Å². The molecule has 0 fully saturated rings. The number of fused-ring (bicyclic) bond motifs is 1. The summed E-state index contributed by atoms with van der Waals surface area (Å²) in [6.45, 7) is 4.18. The molecule has 5 nitrogen and oxygen atoms in total. The van der Waals surface area contributed by atoms with Gasteiger partial charge in [-0.3, -0.25) is 4.79 Å². The summed E-state index contributed by atoms with van der Waals surface area (Å²) < 4.78 is 11.7. The van der Waals surface area contributed by atoms with Gasteiger partial charge in [-0.15, -0.1) is 11.3 Å². The molecule has 2 aromatic carbocycles. The number of hydrogen-bond acceptors (Lipinski definition) is 5. The molecule has 2 aromatic heterocycles. The summed E-state index contributed by atoms with van der Waals surface area (Å²) in [7, 11) is 0. The predicted molar refractivity (Wildman–Crippen MR) is 110 cm³/mol. The number of aryl methyl sites for hydroxylation is 1. The van der Waals surface area contributed by atoms with E-state index in [1.54, 1.807) is 23.5 Å². The van der Waals surface area contributed by atoms with E-state index in [9.17, 15) is 4.79 Å². The number of rotatable bonds is 6. The van der Waals surface area contributed by atoms with E-state index >= 15 is 0 Å². The molecule has 4 rings (SSSR count). The second kappa shape index (κ2) is 7.86. The summed E-state index contributed by atoms with van der Waals surface area (Å²) in [5, 5.41) is 6.95. The van der Waals surface area contributed by atoms with Crippen LogP contribution < -0.4 is 10.1 Å². The van der Waals surface area contributed by atoms with Crippen LogP contribution in [0, 0.1) is 6.92 Å². The van der Waals surface area contributed by atoms with Gasteiger partial charge < -0.3 is 14.5 Å². The molecule has 1 atom stereocenters. The average molecular weight is 392 g/mol. The maximum Gasteiger partial charge on any atom is 0.255 e. The first-order valence-electron chi connectivity index (χ1n) is 9.02. The van der Waals surface area contributed by atoms with Crippen LogP contribution in [0.4, 0.5) is 0 Å². The van der Waals surface area contributed by atoms with Crippen molar-refractivity contribution in [3.8, 4) is 5.75 Å². The number of carbonyl (C=O) groups is 1. The smallest absolute Gasteiger partial charge is 0.255 e. The van der Waals surface area contributed by atoms with Crippen molar-refractivity contribution < 1.29 is 13.9 Å². The third kappa shape index (κ3) is 3.92. The maximum atomic E-state index is 12.8. The molecule has 0 saturated heterocycles. The topological polar surface area (TPSA) is 64.4 Å². The summed E-state index contributed by atoms with van der Waals surface area (Å²) in [5.74, 6) is 1.03. The van der Waals surface area contributed by atoms with E-state index in [1.807, 2.05) is 61.7 Å². The van der Waals surface area contributed by atoms with Crippen molar-refractivity contribution >= 4 is 28.2 Å². The van der Waals surface area contributed by atoms with E-state index in [2.05, 4.69) is 10.3 Å². The number of nitrogens with zero attached hydrogens (tertiary/aromatic N) is 1. The Morgan fingerprint density at radius 3 is 2.79 bits per heavy atom. The van der Waals surface area contributed by atoms with Crippen LogP contribution in [0.1, 0.15) is 39.8 Å². The molecule has 6 heteroatoms. The molecule has 0 bridgehead atoms. The first kappa shape index (κ1) is 18.3. The van der Waals surface area contributed by atoms with E-state index in [4.69, 9.17) is 9.15 Å². The van der Waals surface area contributed by atoms with Crippen molar-refractivity contribution in [2.45, 2.75) is 26.5 Å². The molecule has 0 aliphatic carbocycles. The number of carbonyl (C=O) groups excluding carboxylic acids is 1. The van der Waals surface area contributed by atoms with Gasteiger partial charge in [0.1, 0.15) is 23.7 Å². The molecule has 0 unspecified atom stereocenters. The zero-order valence-corrected chi connectivity index (χ0v) is 16.5. The van der Waals surface area contributed by atoms with Crippen LogP contribution in [0.25, 0.3) is 11.0 Å². The minimum atomic E-state index is -0.269. The number of aromatic nitrogens is 1. The summed E-state index contributed by atoms with van der Waals surface area (Å²) in [4.78, 5) is 17.2. The summed E-state index contributed by atoms with van der Waals surface area (Å²) >= 11 is 1.58. The molecule has 0 aliphatic heterocycles. The Morgan fingerprint density at radius 1 is 1.21 bits per heavy atom. The largest absolute Gasteiger partial charge is 0.486 e. The van der Waals surface area contributed by atoms with Crippen LogP contribution in [0.15, 0.2) is 64.4 Å². The Bertz CT molecular complexity index is 1080.